The maximum Gasteiger partial charge on any atom is 0.165 e. The topological polar surface area (TPSA) is 61.5 Å². The van der Waals surface area contributed by atoms with Crippen molar-refractivity contribution in [1.29, 1.82) is 0 Å². The first-order valence-electron chi connectivity index (χ1n) is 11.2. The van der Waals surface area contributed by atoms with Crippen molar-refractivity contribution in [2.75, 3.05) is 26.2 Å². The predicted molar refractivity (Wildman–Crippen MR) is 127 cm³/mol. The monoisotopic (exact) mass is 423 g/mol. The third-order valence-corrected chi connectivity index (χ3v) is 5.66. The smallest absolute Gasteiger partial charge is 0.165 e. The number of benzene rings is 3. The van der Waals surface area contributed by atoms with E-state index in [1.54, 1.807) is 12.1 Å². The lowest BCUT2D eigenvalue weighted by atomic mass is 10.0. The van der Waals surface area contributed by atoms with Crippen molar-refractivity contribution in [1.82, 2.24) is 10.2 Å². The van der Waals surface area contributed by atoms with E-state index in [1.165, 1.54) is 35.2 Å². The quantitative estimate of drug-likeness (QED) is 0.526. The van der Waals surface area contributed by atoms with Crippen molar-refractivity contribution < 1.29 is 9.50 Å². The first-order chi connectivity index (χ1) is 15.1. The number of hydrogen-bond donors (Lipinski definition) is 3. The summed E-state index contributed by atoms with van der Waals surface area (Å²) in [5.41, 5.74) is 7.54. The third kappa shape index (κ3) is 7.03. The molecule has 1 aliphatic heterocycles. The van der Waals surface area contributed by atoms with E-state index >= 15 is 0 Å². The molecule has 4 rings (SSSR count). The van der Waals surface area contributed by atoms with E-state index in [2.05, 4.69) is 59.6 Å². The minimum absolute atomic E-state index is 0.195. The lowest BCUT2D eigenvalue weighted by Crippen LogP contribution is -2.32. The van der Waals surface area contributed by atoms with Crippen molar-refractivity contribution in [3.8, 4) is 5.75 Å². The van der Waals surface area contributed by atoms with E-state index in [-0.39, 0.29) is 5.75 Å². The van der Waals surface area contributed by atoms with Crippen LogP contribution in [0.15, 0.2) is 60.7 Å². The Balaban J connectivity index is 0.000000179. The van der Waals surface area contributed by atoms with Gasteiger partial charge in [-0.05, 0) is 61.7 Å². The standard InChI is InChI=1S/C15H20N2.C11H14FNO/c1-12(17-9-8-16)10-13-6-7-14-4-2-3-5-15(14)11-13;12-10-5-3-4-9(11(10)14)8-13-6-1-2-7-13/h2-7,11-12,17H,8-10,16H2,1H3;3-5,14H,1-2,6-8H2. The zero-order valence-corrected chi connectivity index (χ0v) is 18.4. The zero-order valence-electron chi connectivity index (χ0n) is 18.4. The molecule has 4 N–H and O–H groups in total. The first kappa shape index (κ1) is 23.2. The number of nitrogens with zero attached hydrogens (tertiary/aromatic N) is 1. The molecule has 5 heteroatoms. The van der Waals surface area contributed by atoms with Crippen molar-refractivity contribution >= 4 is 10.8 Å². The van der Waals surface area contributed by atoms with Gasteiger partial charge < -0.3 is 16.2 Å². The number of halogens is 1. The van der Waals surface area contributed by atoms with Gasteiger partial charge in [0, 0.05) is 31.2 Å². The largest absolute Gasteiger partial charge is 0.505 e. The van der Waals surface area contributed by atoms with E-state index < -0.39 is 5.82 Å². The maximum absolute atomic E-state index is 13.0. The van der Waals surface area contributed by atoms with Gasteiger partial charge in [0.05, 0.1) is 0 Å². The number of rotatable bonds is 7. The average molecular weight is 424 g/mol. The lowest BCUT2D eigenvalue weighted by molar-refractivity contribution is 0.320. The van der Waals surface area contributed by atoms with Crippen LogP contribution < -0.4 is 11.1 Å². The van der Waals surface area contributed by atoms with Gasteiger partial charge in [0.2, 0.25) is 0 Å². The number of fused-ring (bicyclic) bond motifs is 1. The fourth-order valence-electron chi connectivity index (χ4n) is 3.99. The third-order valence-electron chi connectivity index (χ3n) is 5.66. The molecule has 0 amide bonds. The number of phenols is 1. The number of aromatic hydroxyl groups is 1. The highest BCUT2D eigenvalue weighted by Gasteiger charge is 2.14. The fourth-order valence-corrected chi connectivity index (χ4v) is 3.99. The van der Waals surface area contributed by atoms with Gasteiger partial charge in [-0.15, -0.1) is 0 Å². The molecule has 0 aromatic heterocycles. The number of phenolic OH excluding ortho intramolecular Hbond substituents is 1. The van der Waals surface area contributed by atoms with Gasteiger partial charge in [-0.2, -0.15) is 0 Å². The summed E-state index contributed by atoms with van der Waals surface area (Å²) in [6.45, 7) is 6.54. The van der Waals surface area contributed by atoms with Crippen molar-refractivity contribution in [2.45, 2.75) is 38.8 Å². The summed E-state index contributed by atoms with van der Waals surface area (Å²) >= 11 is 0. The molecule has 0 bridgehead atoms. The van der Waals surface area contributed by atoms with E-state index in [9.17, 15) is 9.50 Å². The van der Waals surface area contributed by atoms with Crippen LogP contribution in [0.1, 0.15) is 30.9 Å². The van der Waals surface area contributed by atoms with E-state index in [0.717, 1.165) is 26.1 Å². The van der Waals surface area contributed by atoms with Crippen LogP contribution in [0.4, 0.5) is 4.39 Å². The van der Waals surface area contributed by atoms with Crippen LogP contribution in [0.3, 0.4) is 0 Å². The average Bonchev–Trinajstić information content (AvgIpc) is 3.29. The highest BCUT2D eigenvalue weighted by atomic mass is 19.1. The summed E-state index contributed by atoms with van der Waals surface area (Å²) in [4.78, 5) is 2.23. The highest BCUT2D eigenvalue weighted by molar-refractivity contribution is 5.82. The number of hydrogen-bond acceptors (Lipinski definition) is 4. The van der Waals surface area contributed by atoms with Crippen molar-refractivity contribution in [3.63, 3.8) is 0 Å². The Morgan fingerprint density at radius 1 is 1.03 bits per heavy atom. The normalized spacial score (nSPS) is 14.9. The summed E-state index contributed by atoms with van der Waals surface area (Å²) in [5, 5.41) is 15.5. The highest BCUT2D eigenvalue weighted by Crippen LogP contribution is 2.23. The Hall–Kier alpha value is -2.47. The molecule has 1 atom stereocenters. The molecule has 0 aliphatic carbocycles. The minimum atomic E-state index is -0.526. The Morgan fingerprint density at radius 2 is 1.77 bits per heavy atom. The summed E-state index contributed by atoms with van der Waals surface area (Å²) in [7, 11) is 0. The molecule has 4 nitrogen and oxygen atoms in total. The molecule has 3 aromatic carbocycles. The molecule has 31 heavy (non-hydrogen) atoms. The second-order valence-corrected chi connectivity index (χ2v) is 8.26. The molecule has 166 valence electrons. The van der Waals surface area contributed by atoms with Gasteiger partial charge in [0.25, 0.3) is 0 Å². The van der Waals surface area contributed by atoms with Crippen LogP contribution >= 0.6 is 0 Å². The number of likely N-dealkylation sites (tertiary alicyclic amines) is 1. The van der Waals surface area contributed by atoms with Crippen LogP contribution in [0, 0.1) is 5.82 Å². The number of nitrogens with one attached hydrogen (secondary N) is 1. The maximum atomic E-state index is 13.0. The van der Waals surface area contributed by atoms with Crippen molar-refractivity contribution in [3.05, 3.63) is 77.6 Å². The minimum Gasteiger partial charge on any atom is -0.505 e. The molecule has 0 saturated carbocycles. The van der Waals surface area contributed by atoms with E-state index in [0.29, 0.717) is 24.7 Å². The summed E-state index contributed by atoms with van der Waals surface area (Å²) in [5.74, 6) is -0.721. The van der Waals surface area contributed by atoms with Gasteiger partial charge >= 0.3 is 0 Å². The van der Waals surface area contributed by atoms with Crippen LogP contribution in [0.2, 0.25) is 0 Å². The second kappa shape index (κ2) is 11.8. The van der Waals surface area contributed by atoms with Crippen LogP contribution in [0.5, 0.6) is 5.75 Å². The Labute approximate surface area is 184 Å². The molecule has 1 fully saturated rings. The van der Waals surface area contributed by atoms with Gasteiger partial charge in [-0.3, -0.25) is 4.90 Å². The fraction of sp³-hybridized carbons (Fsp3) is 0.385. The van der Waals surface area contributed by atoms with Crippen molar-refractivity contribution in [2.24, 2.45) is 5.73 Å². The molecule has 1 heterocycles. The molecule has 3 aromatic rings. The first-order valence-corrected chi connectivity index (χ1v) is 11.2. The molecule has 0 radical (unpaired) electrons. The van der Waals surface area contributed by atoms with Crippen LogP contribution in [-0.4, -0.2) is 42.2 Å². The Morgan fingerprint density at radius 3 is 2.52 bits per heavy atom. The summed E-state index contributed by atoms with van der Waals surface area (Å²) in [6, 6.07) is 20.3. The Bertz CT molecular complexity index is 956. The SMILES string of the molecule is CC(Cc1ccc2ccccc2c1)NCCN.Oc1c(F)cccc1CN1CCCC1. The molecular formula is C26H34FN3O. The molecular weight excluding hydrogens is 389 g/mol. The van der Waals surface area contributed by atoms with E-state index in [4.69, 9.17) is 5.73 Å². The zero-order chi connectivity index (χ0) is 22.1. The number of nitrogens with two attached hydrogens (primary N) is 1. The predicted octanol–water partition coefficient (Wildman–Crippen LogP) is 4.45. The van der Waals surface area contributed by atoms with Gasteiger partial charge in [0.15, 0.2) is 11.6 Å². The molecule has 1 saturated heterocycles. The molecule has 0 spiro atoms. The van der Waals surface area contributed by atoms with Crippen LogP contribution in [0.25, 0.3) is 10.8 Å². The molecule has 1 unspecified atom stereocenters. The van der Waals surface area contributed by atoms with Crippen LogP contribution in [-0.2, 0) is 13.0 Å². The second-order valence-electron chi connectivity index (χ2n) is 8.26. The summed E-state index contributed by atoms with van der Waals surface area (Å²) in [6.07, 6.45) is 3.46. The van der Waals surface area contributed by atoms with Gasteiger partial charge in [-0.25, -0.2) is 4.39 Å². The summed E-state index contributed by atoms with van der Waals surface area (Å²) < 4.78 is 13.0. The lowest BCUT2D eigenvalue weighted by Gasteiger charge is -2.15. The van der Waals surface area contributed by atoms with Gasteiger partial charge in [-0.1, -0.05) is 54.6 Å². The Kier molecular flexibility index (Phi) is 8.83. The molecule has 1 aliphatic rings. The van der Waals surface area contributed by atoms with Gasteiger partial charge in [0.1, 0.15) is 0 Å². The number of para-hydroxylation sites is 1. The van der Waals surface area contributed by atoms with E-state index in [1.807, 2.05) is 0 Å².